The Kier molecular flexibility index (Phi) is 5.44. The van der Waals surface area contributed by atoms with Crippen LogP contribution >= 0.6 is 0 Å². The molecule has 3 N–H and O–H groups in total. The van der Waals surface area contributed by atoms with Gasteiger partial charge in [0, 0.05) is 49.5 Å². The summed E-state index contributed by atoms with van der Waals surface area (Å²) in [4.78, 5) is 11.1. The average molecular weight is 436 g/mol. The number of hydrogen-bond donors (Lipinski definition) is 3. The Morgan fingerprint density at radius 3 is 2.94 bits per heavy atom. The van der Waals surface area contributed by atoms with Crippen LogP contribution in [0, 0.1) is 5.82 Å². The number of H-pyrrole nitrogens is 2. The van der Waals surface area contributed by atoms with Crippen LogP contribution in [0.2, 0.25) is 0 Å². The minimum atomic E-state index is -0.321. The van der Waals surface area contributed by atoms with Crippen molar-refractivity contribution in [3.63, 3.8) is 0 Å². The topological polar surface area (TPSA) is 108 Å². The first-order valence-electron chi connectivity index (χ1n) is 10.6. The summed E-state index contributed by atoms with van der Waals surface area (Å²) in [6.07, 6.45) is 5.74. The summed E-state index contributed by atoms with van der Waals surface area (Å²) in [5.74, 6) is 2.14. The van der Waals surface area contributed by atoms with E-state index in [1.807, 2.05) is 17.9 Å². The predicted octanol–water partition coefficient (Wildman–Crippen LogP) is 3.88. The van der Waals surface area contributed by atoms with Gasteiger partial charge in [0.15, 0.2) is 5.82 Å². The van der Waals surface area contributed by atoms with Gasteiger partial charge < -0.3 is 15.0 Å². The van der Waals surface area contributed by atoms with Crippen molar-refractivity contribution in [1.29, 1.82) is 0 Å². The summed E-state index contributed by atoms with van der Waals surface area (Å²) in [5.41, 5.74) is 2.59. The van der Waals surface area contributed by atoms with Crippen LogP contribution in [0.15, 0.2) is 36.7 Å². The van der Waals surface area contributed by atoms with E-state index in [0.717, 1.165) is 22.5 Å². The molecule has 9 nitrogen and oxygen atoms in total. The lowest BCUT2D eigenvalue weighted by Crippen LogP contribution is -2.33. The Balaban J connectivity index is 1.42. The first-order chi connectivity index (χ1) is 15.6. The van der Waals surface area contributed by atoms with Gasteiger partial charge in [-0.15, -0.1) is 0 Å². The standard InChI is InChI=1S/C22H25FN8O/c1-13(32-2)11-31(12-15-7-16(23)8-19-17(15)10-25-28-19)22-24-6-5-20(27-22)26-21-9-18(29-30-21)14-3-4-14/h5-10,13-14H,3-4,11-12H2,1-2H3,(H,25,28)(H2,24,26,27,29,30). The van der Waals surface area contributed by atoms with Gasteiger partial charge in [-0.2, -0.15) is 15.2 Å². The van der Waals surface area contributed by atoms with Crippen molar-refractivity contribution in [2.24, 2.45) is 0 Å². The Bertz CT molecular complexity index is 1220. The molecule has 166 valence electrons. The predicted molar refractivity (Wildman–Crippen MR) is 119 cm³/mol. The number of aromatic amines is 2. The Morgan fingerprint density at radius 1 is 1.25 bits per heavy atom. The van der Waals surface area contributed by atoms with Crippen LogP contribution < -0.4 is 10.2 Å². The van der Waals surface area contributed by atoms with Crippen molar-refractivity contribution in [3.05, 3.63) is 53.7 Å². The minimum Gasteiger partial charge on any atom is -0.380 e. The quantitative estimate of drug-likeness (QED) is 0.365. The molecule has 5 rings (SSSR count). The number of fused-ring (bicyclic) bond motifs is 1. The second kappa shape index (κ2) is 8.54. The SMILES string of the molecule is COC(C)CN(Cc1cc(F)cc2[nH]ncc12)c1nccc(Nc2cc(C3CC3)[nH]n2)n1. The zero-order valence-electron chi connectivity index (χ0n) is 18.0. The molecule has 0 bridgehead atoms. The molecule has 0 radical (unpaired) electrons. The smallest absolute Gasteiger partial charge is 0.227 e. The molecule has 0 aliphatic heterocycles. The second-order valence-electron chi connectivity index (χ2n) is 8.17. The number of halogens is 1. The van der Waals surface area contributed by atoms with Crippen LogP contribution in [0.3, 0.4) is 0 Å². The molecule has 3 heterocycles. The van der Waals surface area contributed by atoms with Gasteiger partial charge in [-0.25, -0.2) is 9.37 Å². The molecule has 1 aliphatic rings. The van der Waals surface area contributed by atoms with E-state index in [2.05, 4.69) is 35.7 Å². The maximum Gasteiger partial charge on any atom is 0.227 e. The number of anilines is 3. The molecule has 0 amide bonds. The van der Waals surface area contributed by atoms with Crippen molar-refractivity contribution < 1.29 is 9.13 Å². The van der Waals surface area contributed by atoms with Gasteiger partial charge in [-0.3, -0.25) is 10.2 Å². The van der Waals surface area contributed by atoms with Crippen LogP contribution in [0.5, 0.6) is 0 Å². The Morgan fingerprint density at radius 2 is 2.12 bits per heavy atom. The fourth-order valence-electron chi connectivity index (χ4n) is 3.73. The molecule has 1 saturated carbocycles. The van der Waals surface area contributed by atoms with Crippen LogP contribution in [0.25, 0.3) is 10.9 Å². The van der Waals surface area contributed by atoms with E-state index < -0.39 is 0 Å². The lowest BCUT2D eigenvalue weighted by molar-refractivity contribution is 0.122. The summed E-state index contributed by atoms with van der Waals surface area (Å²) in [5, 5.41) is 18.4. The minimum absolute atomic E-state index is 0.0731. The highest BCUT2D eigenvalue weighted by Crippen LogP contribution is 2.39. The monoisotopic (exact) mass is 436 g/mol. The Labute approximate surface area is 184 Å². The fraction of sp³-hybridized carbons (Fsp3) is 0.364. The summed E-state index contributed by atoms with van der Waals surface area (Å²) in [6, 6.07) is 6.78. The molecular weight excluding hydrogens is 411 g/mol. The first-order valence-corrected chi connectivity index (χ1v) is 10.6. The third-order valence-corrected chi connectivity index (χ3v) is 5.65. The molecule has 1 unspecified atom stereocenters. The van der Waals surface area contributed by atoms with Crippen molar-refractivity contribution in [3.8, 4) is 0 Å². The van der Waals surface area contributed by atoms with E-state index >= 15 is 0 Å². The van der Waals surface area contributed by atoms with Gasteiger partial charge in [-0.1, -0.05) is 0 Å². The molecule has 3 aromatic heterocycles. The molecule has 4 aromatic rings. The van der Waals surface area contributed by atoms with Crippen molar-refractivity contribution >= 4 is 28.5 Å². The normalized spacial score (nSPS) is 14.6. The van der Waals surface area contributed by atoms with Crippen LogP contribution in [-0.4, -0.2) is 50.1 Å². The largest absolute Gasteiger partial charge is 0.380 e. The highest BCUT2D eigenvalue weighted by Gasteiger charge is 2.25. The number of nitrogens with zero attached hydrogens (tertiary/aromatic N) is 5. The first kappa shape index (κ1) is 20.4. The number of methoxy groups -OCH3 is 1. The van der Waals surface area contributed by atoms with E-state index in [9.17, 15) is 4.39 Å². The van der Waals surface area contributed by atoms with Crippen molar-refractivity contribution in [2.75, 3.05) is 23.9 Å². The van der Waals surface area contributed by atoms with Crippen LogP contribution in [0.4, 0.5) is 22.0 Å². The summed E-state index contributed by atoms with van der Waals surface area (Å²) >= 11 is 0. The second-order valence-corrected chi connectivity index (χ2v) is 8.17. The molecule has 32 heavy (non-hydrogen) atoms. The van der Waals surface area contributed by atoms with E-state index in [0.29, 0.717) is 36.3 Å². The summed E-state index contributed by atoms with van der Waals surface area (Å²) in [6.45, 7) is 2.90. The Hall–Kier alpha value is -3.53. The third kappa shape index (κ3) is 4.40. The summed E-state index contributed by atoms with van der Waals surface area (Å²) in [7, 11) is 1.66. The molecule has 1 atom stereocenters. The highest BCUT2D eigenvalue weighted by atomic mass is 19.1. The highest BCUT2D eigenvalue weighted by molar-refractivity contribution is 5.82. The molecule has 1 aliphatic carbocycles. The lowest BCUT2D eigenvalue weighted by atomic mass is 10.1. The van der Waals surface area contributed by atoms with E-state index in [4.69, 9.17) is 4.74 Å². The molecule has 10 heteroatoms. The maximum atomic E-state index is 14.2. The van der Waals surface area contributed by atoms with Crippen molar-refractivity contribution in [2.45, 2.75) is 38.3 Å². The molecule has 1 fully saturated rings. The zero-order chi connectivity index (χ0) is 22.1. The molecule has 1 aromatic carbocycles. The number of ether oxygens (including phenoxy) is 1. The van der Waals surface area contributed by atoms with E-state index in [1.54, 1.807) is 25.6 Å². The number of aromatic nitrogens is 6. The maximum absolute atomic E-state index is 14.2. The van der Waals surface area contributed by atoms with E-state index in [1.165, 1.54) is 25.0 Å². The summed E-state index contributed by atoms with van der Waals surface area (Å²) < 4.78 is 19.7. The molecule has 0 saturated heterocycles. The molecular formula is C22H25FN8O. The van der Waals surface area contributed by atoms with Gasteiger partial charge in [0.05, 0.1) is 17.8 Å². The number of hydrogen-bond acceptors (Lipinski definition) is 7. The van der Waals surface area contributed by atoms with Gasteiger partial charge >= 0.3 is 0 Å². The van der Waals surface area contributed by atoms with E-state index in [-0.39, 0.29) is 11.9 Å². The van der Waals surface area contributed by atoms with Crippen molar-refractivity contribution in [1.82, 2.24) is 30.4 Å². The average Bonchev–Trinajstić information content (AvgIpc) is 3.35. The van der Waals surface area contributed by atoms with Gasteiger partial charge in [0.25, 0.3) is 0 Å². The van der Waals surface area contributed by atoms with Crippen LogP contribution in [0.1, 0.15) is 36.9 Å². The van der Waals surface area contributed by atoms with Gasteiger partial charge in [0.1, 0.15) is 11.6 Å². The zero-order valence-corrected chi connectivity index (χ0v) is 18.0. The molecule has 0 spiro atoms. The number of nitrogens with one attached hydrogen (secondary N) is 3. The van der Waals surface area contributed by atoms with Crippen LogP contribution in [-0.2, 0) is 11.3 Å². The van der Waals surface area contributed by atoms with Gasteiger partial charge in [-0.05, 0) is 43.5 Å². The third-order valence-electron chi connectivity index (χ3n) is 5.65. The lowest BCUT2D eigenvalue weighted by Gasteiger charge is -2.26. The fourth-order valence-corrected chi connectivity index (χ4v) is 3.73. The number of rotatable bonds is 9. The van der Waals surface area contributed by atoms with Gasteiger partial charge in [0.2, 0.25) is 5.95 Å². The number of benzene rings is 1.